The molecule has 1 aliphatic rings. The Bertz CT molecular complexity index is 737. The van der Waals surface area contributed by atoms with E-state index in [4.69, 9.17) is 0 Å². The average Bonchev–Trinajstić information content (AvgIpc) is 2.88. The largest absolute Gasteiger partial charge is 0.325 e. The van der Waals surface area contributed by atoms with E-state index >= 15 is 0 Å². The molecule has 2 aromatic rings. The van der Waals surface area contributed by atoms with Crippen LogP contribution in [0.25, 0.3) is 0 Å². The van der Waals surface area contributed by atoms with Gasteiger partial charge in [-0.15, -0.1) is 11.8 Å². The first-order valence-electron chi connectivity index (χ1n) is 8.11. The lowest BCUT2D eigenvalue weighted by molar-refractivity contribution is -0.113. The molecule has 2 heterocycles. The molecular formula is C18H21N3OS2. The second kappa shape index (κ2) is 7.57. The van der Waals surface area contributed by atoms with E-state index in [1.54, 1.807) is 0 Å². The number of nitrogens with zero attached hydrogens (tertiary/aromatic N) is 2. The minimum Gasteiger partial charge on any atom is -0.325 e. The molecule has 0 radical (unpaired) electrons. The highest BCUT2D eigenvalue weighted by atomic mass is 32.2. The lowest BCUT2D eigenvalue weighted by Gasteiger charge is -2.15. The van der Waals surface area contributed by atoms with Gasteiger partial charge in [0.1, 0.15) is 15.9 Å². The van der Waals surface area contributed by atoms with Crippen LogP contribution in [0.3, 0.4) is 0 Å². The van der Waals surface area contributed by atoms with Crippen molar-refractivity contribution in [2.24, 2.45) is 0 Å². The fourth-order valence-corrected chi connectivity index (χ4v) is 5.34. The number of nitrogens with one attached hydrogen (secondary N) is 1. The molecule has 3 rings (SSSR count). The van der Waals surface area contributed by atoms with E-state index in [0.29, 0.717) is 16.9 Å². The molecule has 0 bridgehead atoms. The third kappa shape index (κ3) is 3.75. The summed E-state index contributed by atoms with van der Waals surface area (Å²) in [6, 6.07) is 9.53. The number of para-hydroxylation sites is 1. The van der Waals surface area contributed by atoms with Crippen LogP contribution in [-0.4, -0.2) is 26.9 Å². The second-order valence-electron chi connectivity index (χ2n) is 5.84. The summed E-state index contributed by atoms with van der Waals surface area (Å²) in [5.74, 6) is 1.58. The number of thioether (sulfide) groups is 2. The van der Waals surface area contributed by atoms with Gasteiger partial charge in [-0.1, -0.05) is 43.8 Å². The molecule has 0 fully saturated rings. The molecule has 0 unspecified atom stereocenters. The molecule has 0 saturated carbocycles. The third-order valence-corrected chi connectivity index (χ3v) is 6.29. The molecule has 0 spiro atoms. The number of rotatable bonds is 5. The van der Waals surface area contributed by atoms with Crippen LogP contribution in [-0.2, 0) is 4.79 Å². The Morgan fingerprint density at radius 2 is 2.04 bits per heavy atom. The molecule has 0 aliphatic carbocycles. The molecule has 6 heteroatoms. The van der Waals surface area contributed by atoms with E-state index in [1.165, 1.54) is 17.3 Å². The molecule has 0 saturated heterocycles. The number of carbonyl (C=O) groups excluding carboxylic acids is 1. The minimum atomic E-state index is -0.0111. The Balaban J connectivity index is 1.73. The third-order valence-electron chi connectivity index (χ3n) is 4.06. The summed E-state index contributed by atoms with van der Waals surface area (Å²) in [4.78, 5) is 21.4. The average molecular weight is 360 g/mol. The maximum absolute atomic E-state index is 12.2. The van der Waals surface area contributed by atoms with Crippen molar-refractivity contribution in [1.29, 1.82) is 0 Å². The van der Waals surface area contributed by atoms with E-state index in [1.807, 2.05) is 49.0 Å². The van der Waals surface area contributed by atoms with E-state index in [0.717, 1.165) is 28.0 Å². The molecule has 2 atom stereocenters. The van der Waals surface area contributed by atoms with Crippen LogP contribution in [0.15, 0.2) is 40.4 Å². The highest BCUT2D eigenvalue weighted by Crippen LogP contribution is 2.48. The Hall–Kier alpha value is -1.53. The predicted molar refractivity (Wildman–Crippen MR) is 101 cm³/mol. The Morgan fingerprint density at radius 1 is 1.29 bits per heavy atom. The van der Waals surface area contributed by atoms with Gasteiger partial charge in [0, 0.05) is 22.4 Å². The molecule has 24 heavy (non-hydrogen) atoms. The van der Waals surface area contributed by atoms with Crippen molar-refractivity contribution >= 4 is 35.1 Å². The van der Waals surface area contributed by atoms with Crippen LogP contribution >= 0.6 is 23.5 Å². The molecule has 1 aliphatic heterocycles. The summed E-state index contributed by atoms with van der Waals surface area (Å²) in [5, 5.41) is 5.49. The monoisotopic (exact) mass is 359 g/mol. The summed E-state index contributed by atoms with van der Waals surface area (Å²) in [6.07, 6.45) is 1.07. The summed E-state index contributed by atoms with van der Waals surface area (Å²) in [5.41, 5.74) is 2.06. The molecule has 1 aromatic heterocycles. The lowest BCUT2D eigenvalue weighted by Crippen LogP contribution is -2.15. The molecule has 1 amide bonds. The quantitative estimate of drug-likeness (QED) is 0.629. The van der Waals surface area contributed by atoms with Gasteiger partial charge in [-0.2, -0.15) is 0 Å². The number of hydrogen-bond donors (Lipinski definition) is 1. The van der Waals surface area contributed by atoms with Gasteiger partial charge in [0.15, 0.2) is 0 Å². The topological polar surface area (TPSA) is 54.9 Å². The van der Waals surface area contributed by atoms with Crippen LogP contribution in [0.5, 0.6) is 0 Å². The number of benzene rings is 1. The second-order valence-corrected chi connectivity index (χ2v) is 8.17. The highest BCUT2D eigenvalue weighted by Gasteiger charge is 2.33. The standard InChI is InChI=1S/C18H21N3OS2/c1-4-14-11(2)24-18-16(14)17(19-12(3)20-18)23-10-15(22)21-13-8-6-5-7-9-13/h5-9,11,14H,4,10H2,1-3H3,(H,21,22)/t11-,14-/m1/s1. The van der Waals surface area contributed by atoms with Gasteiger partial charge in [-0.3, -0.25) is 4.79 Å². The zero-order chi connectivity index (χ0) is 17.1. The molecule has 1 aromatic carbocycles. The first kappa shape index (κ1) is 17.3. The summed E-state index contributed by atoms with van der Waals surface area (Å²) in [7, 11) is 0. The highest BCUT2D eigenvalue weighted by molar-refractivity contribution is 8.01. The van der Waals surface area contributed by atoms with Crippen molar-refractivity contribution in [3.05, 3.63) is 41.7 Å². The number of carbonyl (C=O) groups is 1. The molecular weight excluding hydrogens is 338 g/mol. The normalized spacial score (nSPS) is 19.1. The van der Waals surface area contributed by atoms with Crippen LogP contribution < -0.4 is 5.32 Å². The zero-order valence-electron chi connectivity index (χ0n) is 14.1. The van der Waals surface area contributed by atoms with Gasteiger partial charge in [0.05, 0.1) is 5.75 Å². The molecule has 4 nitrogen and oxygen atoms in total. The Morgan fingerprint density at radius 3 is 2.75 bits per heavy atom. The molecule has 126 valence electrons. The first-order valence-corrected chi connectivity index (χ1v) is 9.98. The van der Waals surface area contributed by atoms with Crippen molar-refractivity contribution in [3.63, 3.8) is 0 Å². The maximum Gasteiger partial charge on any atom is 0.234 e. The van der Waals surface area contributed by atoms with Gasteiger partial charge < -0.3 is 5.32 Å². The van der Waals surface area contributed by atoms with Gasteiger partial charge >= 0.3 is 0 Å². The number of amides is 1. The number of hydrogen-bond acceptors (Lipinski definition) is 5. The fourth-order valence-electron chi connectivity index (χ4n) is 2.93. The van der Waals surface area contributed by atoms with Gasteiger partial charge in [0.25, 0.3) is 0 Å². The number of aromatic nitrogens is 2. The first-order chi connectivity index (χ1) is 11.6. The van der Waals surface area contributed by atoms with E-state index in [2.05, 4.69) is 29.1 Å². The van der Waals surface area contributed by atoms with Crippen LogP contribution in [0.2, 0.25) is 0 Å². The van der Waals surface area contributed by atoms with Crippen LogP contribution in [0, 0.1) is 6.92 Å². The fraction of sp³-hybridized carbons (Fsp3) is 0.389. The van der Waals surface area contributed by atoms with Crippen LogP contribution in [0.1, 0.15) is 37.6 Å². The zero-order valence-corrected chi connectivity index (χ0v) is 15.7. The van der Waals surface area contributed by atoms with Gasteiger partial charge in [-0.25, -0.2) is 9.97 Å². The van der Waals surface area contributed by atoms with Gasteiger partial charge in [0.2, 0.25) is 5.91 Å². The van der Waals surface area contributed by atoms with Crippen molar-refractivity contribution in [1.82, 2.24) is 9.97 Å². The summed E-state index contributed by atoms with van der Waals surface area (Å²) < 4.78 is 0. The van der Waals surface area contributed by atoms with Crippen molar-refractivity contribution < 1.29 is 4.79 Å². The molecule has 1 N–H and O–H groups in total. The van der Waals surface area contributed by atoms with E-state index in [-0.39, 0.29) is 5.91 Å². The summed E-state index contributed by atoms with van der Waals surface area (Å²) in [6.45, 7) is 6.36. The predicted octanol–water partition coefficient (Wildman–Crippen LogP) is 4.50. The van der Waals surface area contributed by atoms with Crippen molar-refractivity contribution in [2.75, 3.05) is 11.1 Å². The van der Waals surface area contributed by atoms with Gasteiger partial charge in [-0.05, 0) is 25.5 Å². The number of aryl methyl sites for hydroxylation is 1. The number of anilines is 1. The van der Waals surface area contributed by atoms with Crippen LogP contribution in [0.4, 0.5) is 5.69 Å². The minimum absolute atomic E-state index is 0.0111. The van der Waals surface area contributed by atoms with E-state index < -0.39 is 0 Å². The summed E-state index contributed by atoms with van der Waals surface area (Å²) >= 11 is 3.34. The maximum atomic E-state index is 12.2. The van der Waals surface area contributed by atoms with Crippen molar-refractivity contribution in [3.8, 4) is 0 Å². The number of fused-ring (bicyclic) bond motifs is 1. The van der Waals surface area contributed by atoms with E-state index in [9.17, 15) is 4.79 Å². The SMILES string of the molecule is CC[C@H]1c2c(SCC(=O)Nc3ccccc3)nc(C)nc2S[C@@H]1C. The lowest BCUT2D eigenvalue weighted by atomic mass is 9.96. The van der Waals surface area contributed by atoms with Crippen molar-refractivity contribution in [2.45, 2.75) is 48.4 Å². The smallest absolute Gasteiger partial charge is 0.234 e. The Kier molecular flexibility index (Phi) is 5.46. The Labute approximate surface area is 151 Å².